The molecular formula is C13H10ClNO4S2. The number of nitro groups is 1. The number of nitrogens with zero attached hydrogens (tertiary/aromatic N) is 1. The van der Waals surface area contributed by atoms with Crippen LogP contribution < -0.4 is 0 Å². The summed E-state index contributed by atoms with van der Waals surface area (Å²) in [6.45, 7) is 0. The third-order valence-electron chi connectivity index (χ3n) is 2.61. The Balaban J connectivity index is 2.27. The van der Waals surface area contributed by atoms with Crippen LogP contribution in [-0.4, -0.2) is 13.3 Å². The second-order valence-electron chi connectivity index (χ2n) is 4.20. The van der Waals surface area contributed by atoms with Crippen molar-refractivity contribution in [1.29, 1.82) is 0 Å². The van der Waals surface area contributed by atoms with Crippen LogP contribution in [0, 0.1) is 10.1 Å². The van der Waals surface area contributed by atoms with Gasteiger partial charge in [0, 0.05) is 22.1 Å². The molecule has 2 aromatic rings. The smallest absolute Gasteiger partial charge is 0.258 e. The van der Waals surface area contributed by atoms with Crippen LogP contribution in [0.5, 0.6) is 0 Å². The Bertz CT molecular complexity index is 783. The van der Waals surface area contributed by atoms with E-state index in [-0.39, 0.29) is 16.3 Å². The van der Waals surface area contributed by atoms with Crippen molar-refractivity contribution in [3.63, 3.8) is 0 Å². The highest BCUT2D eigenvalue weighted by Crippen LogP contribution is 2.25. The largest absolute Gasteiger partial charge is 0.275 e. The normalized spacial score (nSPS) is 11.9. The maximum absolute atomic E-state index is 12.0. The molecule has 0 saturated heterocycles. The van der Waals surface area contributed by atoms with Gasteiger partial charge in [-0.3, -0.25) is 10.1 Å². The molecule has 0 fully saturated rings. The van der Waals surface area contributed by atoms with E-state index in [0.717, 1.165) is 17.0 Å². The third kappa shape index (κ3) is 4.38. The summed E-state index contributed by atoms with van der Waals surface area (Å²) >= 11 is 7.15. The van der Waals surface area contributed by atoms with Crippen LogP contribution >= 0.6 is 22.9 Å². The van der Waals surface area contributed by atoms with Gasteiger partial charge in [0.2, 0.25) is 0 Å². The van der Waals surface area contributed by atoms with Crippen molar-refractivity contribution in [2.45, 2.75) is 5.75 Å². The highest BCUT2D eigenvalue weighted by molar-refractivity contribution is 7.93. The Morgan fingerprint density at radius 2 is 2.10 bits per heavy atom. The Hall–Kier alpha value is -1.70. The molecule has 0 amide bonds. The molecule has 8 heteroatoms. The highest BCUT2D eigenvalue weighted by atomic mass is 35.5. The van der Waals surface area contributed by atoms with Crippen molar-refractivity contribution in [2.24, 2.45) is 0 Å². The minimum Gasteiger partial charge on any atom is -0.258 e. The maximum atomic E-state index is 12.0. The lowest BCUT2D eigenvalue weighted by molar-refractivity contribution is -0.385. The van der Waals surface area contributed by atoms with Crippen LogP contribution in [0.2, 0.25) is 5.02 Å². The van der Waals surface area contributed by atoms with E-state index in [1.54, 1.807) is 11.4 Å². The molecular weight excluding hydrogens is 334 g/mol. The predicted octanol–water partition coefficient (Wildman–Crippen LogP) is 3.90. The lowest BCUT2D eigenvalue weighted by atomic mass is 10.2. The van der Waals surface area contributed by atoms with E-state index in [4.69, 9.17) is 11.6 Å². The minimum absolute atomic E-state index is 0.111. The molecule has 110 valence electrons. The number of thiophene rings is 1. The van der Waals surface area contributed by atoms with Gasteiger partial charge in [0.05, 0.1) is 10.7 Å². The summed E-state index contributed by atoms with van der Waals surface area (Å²) in [6.07, 6.45) is 1.47. The average Bonchev–Trinajstić information content (AvgIpc) is 2.91. The number of benzene rings is 1. The summed E-state index contributed by atoms with van der Waals surface area (Å²) in [7, 11) is -3.60. The van der Waals surface area contributed by atoms with Crippen molar-refractivity contribution in [3.8, 4) is 0 Å². The highest BCUT2D eigenvalue weighted by Gasteiger charge is 2.19. The van der Waals surface area contributed by atoms with E-state index in [1.165, 1.54) is 29.5 Å². The number of halogens is 1. The first-order valence-electron chi connectivity index (χ1n) is 5.73. The first-order valence-corrected chi connectivity index (χ1v) is 8.77. The van der Waals surface area contributed by atoms with E-state index in [9.17, 15) is 18.5 Å². The van der Waals surface area contributed by atoms with Gasteiger partial charge in [-0.15, -0.1) is 0 Å². The maximum Gasteiger partial charge on any atom is 0.275 e. The molecule has 5 nitrogen and oxygen atoms in total. The number of rotatable bonds is 5. The fraction of sp³-hybridized carbons (Fsp3) is 0.0769. The zero-order chi connectivity index (χ0) is 15.5. The summed E-state index contributed by atoms with van der Waals surface area (Å²) in [5.74, 6) is -0.443. The van der Waals surface area contributed by atoms with Gasteiger partial charge < -0.3 is 0 Å². The molecule has 0 unspecified atom stereocenters. The van der Waals surface area contributed by atoms with E-state index >= 15 is 0 Å². The molecule has 0 radical (unpaired) electrons. The Labute approximate surface area is 130 Å². The fourth-order valence-electron chi connectivity index (χ4n) is 1.65. The van der Waals surface area contributed by atoms with Gasteiger partial charge in [-0.05, 0) is 40.6 Å². The van der Waals surface area contributed by atoms with Crippen LogP contribution in [0.3, 0.4) is 0 Å². The molecule has 1 heterocycles. The van der Waals surface area contributed by atoms with Gasteiger partial charge in [-0.25, -0.2) is 8.42 Å². The minimum atomic E-state index is -3.60. The van der Waals surface area contributed by atoms with E-state index in [0.29, 0.717) is 0 Å². The number of hydrogen-bond acceptors (Lipinski definition) is 5. The van der Waals surface area contributed by atoms with Crippen LogP contribution in [-0.2, 0) is 15.6 Å². The second kappa shape index (κ2) is 6.38. The Morgan fingerprint density at radius 3 is 2.71 bits per heavy atom. The van der Waals surface area contributed by atoms with E-state index in [2.05, 4.69) is 0 Å². The fourth-order valence-corrected chi connectivity index (χ4v) is 3.58. The Morgan fingerprint density at radius 1 is 1.33 bits per heavy atom. The molecule has 1 aromatic carbocycles. The van der Waals surface area contributed by atoms with Crippen molar-refractivity contribution in [1.82, 2.24) is 0 Å². The SMILES string of the molecule is O=[N+]([O-])c1cc(Cl)ccc1CS(=O)(=O)C=Cc1ccsc1. The van der Waals surface area contributed by atoms with Gasteiger partial charge in [0.1, 0.15) is 0 Å². The monoisotopic (exact) mass is 343 g/mol. The molecule has 0 saturated carbocycles. The van der Waals surface area contributed by atoms with E-state index < -0.39 is 20.5 Å². The van der Waals surface area contributed by atoms with Crippen LogP contribution in [0.4, 0.5) is 5.69 Å². The van der Waals surface area contributed by atoms with Crippen molar-refractivity contribution >= 4 is 44.5 Å². The van der Waals surface area contributed by atoms with Gasteiger partial charge in [0.25, 0.3) is 5.69 Å². The van der Waals surface area contributed by atoms with Crippen LogP contribution in [0.25, 0.3) is 6.08 Å². The Kier molecular flexibility index (Phi) is 4.76. The summed E-state index contributed by atoms with van der Waals surface area (Å²) < 4.78 is 24.0. The molecule has 0 aliphatic carbocycles. The number of nitro benzene ring substituents is 1. The molecule has 0 atom stereocenters. The van der Waals surface area contributed by atoms with Crippen LogP contribution in [0.1, 0.15) is 11.1 Å². The third-order valence-corrected chi connectivity index (χ3v) is 4.81. The first-order chi connectivity index (χ1) is 9.87. The molecule has 21 heavy (non-hydrogen) atoms. The summed E-state index contributed by atoms with van der Waals surface area (Å²) in [6, 6.07) is 5.72. The van der Waals surface area contributed by atoms with Gasteiger partial charge in [-0.1, -0.05) is 11.6 Å². The summed E-state index contributed by atoms with van der Waals surface area (Å²) in [4.78, 5) is 10.3. The van der Waals surface area contributed by atoms with Gasteiger partial charge in [0.15, 0.2) is 9.84 Å². The molecule has 0 N–H and O–H groups in total. The van der Waals surface area contributed by atoms with Crippen LogP contribution in [0.15, 0.2) is 40.4 Å². The summed E-state index contributed by atoms with van der Waals surface area (Å²) in [5.41, 5.74) is 0.587. The topological polar surface area (TPSA) is 77.3 Å². The quantitative estimate of drug-likeness (QED) is 0.609. The van der Waals surface area contributed by atoms with Gasteiger partial charge >= 0.3 is 0 Å². The summed E-state index contributed by atoms with van der Waals surface area (Å²) in [5, 5.41) is 15.8. The van der Waals surface area contributed by atoms with Crippen molar-refractivity contribution in [3.05, 3.63) is 66.7 Å². The second-order valence-corrected chi connectivity index (χ2v) is 7.30. The molecule has 0 bridgehead atoms. The molecule has 1 aromatic heterocycles. The van der Waals surface area contributed by atoms with Crippen molar-refractivity contribution in [2.75, 3.05) is 0 Å². The lowest BCUT2D eigenvalue weighted by Gasteiger charge is -2.02. The average molecular weight is 344 g/mol. The first kappa shape index (κ1) is 15.7. The molecule has 2 rings (SSSR count). The van der Waals surface area contributed by atoms with Gasteiger partial charge in [-0.2, -0.15) is 11.3 Å². The molecule has 0 spiro atoms. The molecule has 0 aliphatic heterocycles. The zero-order valence-corrected chi connectivity index (χ0v) is 13.0. The molecule has 0 aliphatic rings. The number of sulfone groups is 1. The number of hydrogen-bond donors (Lipinski definition) is 0. The zero-order valence-electron chi connectivity index (χ0n) is 10.6. The van der Waals surface area contributed by atoms with Crippen molar-refractivity contribution < 1.29 is 13.3 Å². The standard InChI is InChI=1S/C13H10ClNO4S2/c14-12-2-1-11(13(7-12)15(16)17)9-21(18,19)6-4-10-3-5-20-8-10/h1-8H,9H2. The lowest BCUT2D eigenvalue weighted by Crippen LogP contribution is -2.03. The predicted molar refractivity (Wildman–Crippen MR) is 84.1 cm³/mol. The van der Waals surface area contributed by atoms with E-state index in [1.807, 2.05) is 5.38 Å².